The zero-order valence-electron chi connectivity index (χ0n) is 6.83. The third-order valence-corrected chi connectivity index (χ3v) is 1.90. The fourth-order valence-corrected chi connectivity index (χ4v) is 1.28. The molecule has 1 aromatic rings. The number of hydrogen-bond acceptors (Lipinski definition) is 2. The van der Waals surface area contributed by atoms with Gasteiger partial charge in [0.25, 0.3) is 0 Å². The van der Waals surface area contributed by atoms with E-state index in [1.165, 1.54) is 6.07 Å². The van der Waals surface area contributed by atoms with Crippen LogP contribution in [-0.2, 0) is 11.2 Å². The molecule has 1 amide bonds. The van der Waals surface area contributed by atoms with Crippen molar-refractivity contribution in [3.05, 3.63) is 39.9 Å². The summed E-state index contributed by atoms with van der Waals surface area (Å²) in [4.78, 5) is 24.6. The van der Waals surface area contributed by atoms with Crippen LogP contribution < -0.4 is 10.9 Å². The quantitative estimate of drug-likeness (QED) is 0.585. The van der Waals surface area contributed by atoms with Crippen molar-refractivity contribution in [2.75, 3.05) is 0 Å². The minimum Gasteiger partial charge on any atom is -0.332 e. The van der Waals surface area contributed by atoms with Crippen molar-refractivity contribution in [1.82, 2.24) is 10.3 Å². The lowest BCUT2D eigenvalue weighted by molar-refractivity contribution is -0.119. The second-order valence-electron chi connectivity index (χ2n) is 2.86. The minimum absolute atomic E-state index is 0.0967. The van der Waals surface area contributed by atoms with E-state index in [2.05, 4.69) is 10.3 Å². The Kier molecular flexibility index (Phi) is 1.73. The zero-order chi connectivity index (χ0) is 9.26. The average molecular weight is 176 g/mol. The van der Waals surface area contributed by atoms with Gasteiger partial charge in [-0.25, -0.2) is 0 Å². The molecule has 2 N–H and O–H groups in total. The highest BCUT2D eigenvalue weighted by Gasteiger charge is 2.09. The number of hydrogen-bond donors (Lipinski definition) is 2. The van der Waals surface area contributed by atoms with Crippen LogP contribution in [-0.4, -0.2) is 10.9 Å². The van der Waals surface area contributed by atoms with E-state index in [4.69, 9.17) is 0 Å². The van der Waals surface area contributed by atoms with Crippen LogP contribution in [0.2, 0.25) is 0 Å². The number of aromatic amines is 1. The standard InChI is InChI=1S/C9H8N2O2/c12-8-3-7-4-9(13)11-5-6(7)1-2-10-8/h1-2,4-5H,3H2,(H,10,12)(H,11,13). The van der Waals surface area contributed by atoms with E-state index in [0.29, 0.717) is 0 Å². The lowest BCUT2D eigenvalue weighted by Gasteiger charge is -1.99. The molecule has 1 aromatic heterocycles. The molecule has 66 valence electrons. The Hall–Kier alpha value is -1.84. The molecule has 0 fully saturated rings. The Labute approximate surface area is 74.3 Å². The van der Waals surface area contributed by atoms with Crippen LogP contribution >= 0.6 is 0 Å². The number of rotatable bonds is 0. The molecule has 0 spiro atoms. The lowest BCUT2D eigenvalue weighted by atomic mass is 10.1. The van der Waals surface area contributed by atoms with Gasteiger partial charge in [0.1, 0.15) is 0 Å². The van der Waals surface area contributed by atoms with Gasteiger partial charge in [-0.3, -0.25) is 9.59 Å². The molecule has 0 saturated heterocycles. The first kappa shape index (κ1) is 7.79. The normalized spacial score (nSPS) is 14.6. The number of H-pyrrole nitrogens is 1. The van der Waals surface area contributed by atoms with Crippen LogP contribution in [0.15, 0.2) is 23.3 Å². The summed E-state index contributed by atoms with van der Waals surface area (Å²) in [5.74, 6) is -0.0967. The number of carbonyl (C=O) groups excluding carboxylic acids is 1. The average Bonchev–Trinajstić information content (AvgIpc) is 2.25. The van der Waals surface area contributed by atoms with Crippen molar-refractivity contribution in [2.24, 2.45) is 0 Å². The van der Waals surface area contributed by atoms with E-state index in [1.807, 2.05) is 0 Å². The lowest BCUT2D eigenvalue weighted by Crippen LogP contribution is -2.18. The van der Waals surface area contributed by atoms with Crippen LogP contribution in [0.5, 0.6) is 0 Å². The summed E-state index contributed by atoms with van der Waals surface area (Å²) in [7, 11) is 0. The number of nitrogens with one attached hydrogen (secondary N) is 2. The molecule has 4 heteroatoms. The molecule has 0 atom stereocenters. The monoisotopic (exact) mass is 176 g/mol. The van der Waals surface area contributed by atoms with Gasteiger partial charge in [-0.15, -0.1) is 0 Å². The maximum atomic E-state index is 11.1. The maximum absolute atomic E-state index is 11.1. The maximum Gasteiger partial charge on any atom is 0.248 e. The van der Waals surface area contributed by atoms with Crippen LogP contribution in [0.3, 0.4) is 0 Å². The molecule has 0 aliphatic carbocycles. The van der Waals surface area contributed by atoms with Crippen molar-refractivity contribution < 1.29 is 4.79 Å². The van der Waals surface area contributed by atoms with Crippen LogP contribution in [0.25, 0.3) is 6.08 Å². The van der Waals surface area contributed by atoms with Crippen molar-refractivity contribution in [3.63, 3.8) is 0 Å². The Balaban J connectivity index is 2.56. The van der Waals surface area contributed by atoms with E-state index in [-0.39, 0.29) is 17.9 Å². The number of carbonyl (C=O) groups is 1. The summed E-state index contributed by atoms with van der Waals surface area (Å²) < 4.78 is 0. The highest BCUT2D eigenvalue weighted by atomic mass is 16.1. The summed E-state index contributed by atoms with van der Waals surface area (Å²) in [6.45, 7) is 0. The van der Waals surface area contributed by atoms with Gasteiger partial charge < -0.3 is 10.3 Å². The summed E-state index contributed by atoms with van der Waals surface area (Å²) in [6, 6.07) is 1.45. The summed E-state index contributed by atoms with van der Waals surface area (Å²) >= 11 is 0. The van der Waals surface area contributed by atoms with Gasteiger partial charge in [0.2, 0.25) is 11.5 Å². The van der Waals surface area contributed by atoms with Crippen molar-refractivity contribution in [1.29, 1.82) is 0 Å². The molecule has 1 aliphatic heterocycles. The molecule has 0 saturated carbocycles. The molecule has 0 radical (unpaired) electrons. The molecular formula is C9H8N2O2. The Bertz CT molecular complexity index is 431. The van der Waals surface area contributed by atoms with Crippen LogP contribution in [0.1, 0.15) is 11.1 Å². The van der Waals surface area contributed by atoms with Gasteiger partial charge in [0, 0.05) is 18.5 Å². The van der Waals surface area contributed by atoms with E-state index in [9.17, 15) is 9.59 Å². The van der Waals surface area contributed by atoms with Crippen LogP contribution in [0, 0.1) is 0 Å². The smallest absolute Gasteiger partial charge is 0.248 e. The third-order valence-electron chi connectivity index (χ3n) is 1.90. The Morgan fingerprint density at radius 3 is 3.00 bits per heavy atom. The number of aromatic nitrogens is 1. The molecular weight excluding hydrogens is 168 g/mol. The highest BCUT2D eigenvalue weighted by Crippen LogP contribution is 2.09. The van der Waals surface area contributed by atoms with Crippen molar-refractivity contribution in [2.45, 2.75) is 6.42 Å². The van der Waals surface area contributed by atoms with Crippen molar-refractivity contribution in [3.8, 4) is 0 Å². The second kappa shape index (κ2) is 2.90. The highest BCUT2D eigenvalue weighted by molar-refractivity contribution is 5.83. The topological polar surface area (TPSA) is 62.0 Å². The molecule has 0 aromatic carbocycles. The van der Waals surface area contributed by atoms with Crippen molar-refractivity contribution >= 4 is 12.0 Å². The Morgan fingerprint density at radius 2 is 2.15 bits per heavy atom. The van der Waals surface area contributed by atoms with Gasteiger partial charge in [-0.05, 0) is 17.2 Å². The van der Waals surface area contributed by atoms with E-state index < -0.39 is 0 Å². The third kappa shape index (κ3) is 1.51. The fourth-order valence-electron chi connectivity index (χ4n) is 1.28. The van der Waals surface area contributed by atoms with E-state index >= 15 is 0 Å². The predicted molar refractivity (Wildman–Crippen MR) is 47.9 cm³/mol. The molecule has 2 heterocycles. The summed E-state index contributed by atoms with van der Waals surface area (Å²) in [5.41, 5.74) is 1.45. The zero-order valence-corrected chi connectivity index (χ0v) is 6.83. The number of amides is 1. The summed E-state index contributed by atoms with van der Waals surface area (Å²) in [5, 5.41) is 2.58. The fraction of sp³-hybridized carbons (Fsp3) is 0.111. The van der Waals surface area contributed by atoms with Gasteiger partial charge in [-0.1, -0.05) is 0 Å². The second-order valence-corrected chi connectivity index (χ2v) is 2.86. The first-order valence-corrected chi connectivity index (χ1v) is 3.93. The molecule has 0 unspecified atom stereocenters. The summed E-state index contributed by atoms with van der Waals surface area (Å²) in [6.07, 6.45) is 5.20. The van der Waals surface area contributed by atoms with Gasteiger partial charge in [0.05, 0.1) is 6.42 Å². The van der Waals surface area contributed by atoms with Crippen LogP contribution in [0.4, 0.5) is 0 Å². The number of fused-ring (bicyclic) bond motifs is 1. The molecule has 2 rings (SSSR count). The minimum atomic E-state index is -0.179. The largest absolute Gasteiger partial charge is 0.332 e. The molecule has 4 nitrogen and oxygen atoms in total. The molecule has 1 aliphatic rings. The number of pyridine rings is 1. The molecule has 13 heavy (non-hydrogen) atoms. The van der Waals surface area contributed by atoms with Gasteiger partial charge >= 0.3 is 0 Å². The molecule has 0 bridgehead atoms. The van der Waals surface area contributed by atoms with E-state index in [0.717, 1.165) is 11.1 Å². The van der Waals surface area contributed by atoms with Gasteiger partial charge in [0.15, 0.2) is 0 Å². The van der Waals surface area contributed by atoms with E-state index in [1.54, 1.807) is 18.5 Å². The van der Waals surface area contributed by atoms with Gasteiger partial charge in [-0.2, -0.15) is 0 Å². The Morgan fingerprint density at radius 1 is 1.31 bits per heavy atom. The predicted octanol–water partition coefficient (Wildman–Crippen LogP) is 0.0179. The SMILES string of the molecule is O=C1Cc2cc(=O)[nH]cc2C=CN1. The first-order chi connectivity index (χ1) is 6.25. The first-order valence-electron chi connectivity index (χ1n) is 3.93.